The molecule has 2 aromatic rings. The summed E-state index contributed by atoms with van der Waals surface area (Å²) in [6.07, 6.45) is 0. The summed E-state index contributed by atoms with van der Waals surface area (Å²) in [5, 5.41) is 2.13. The normalized spacial score (nSPS) is 11.2. The minimum atomic E-state index is 0.652. The van der Waals surface area contributed by atoms with Crippen LogP contribution in [0, 0.1) is 0 Å². The molecule has 0 aliphatic carbocycles. The molecule has 2 rings (SSSR count). The maximum absolute atomic E-state index is 5.60. The molecule has 0 saturated carbocycles. The summed E-state index contributed by atoms with van der Waals surface area (Å²) < 4.78 is 0. The molecule has 0 spiro atoms. The molecule has 2 aromatic heterocycles. The van der Waals surface area contributed by atoms with Gasteiger partial charge in [0.1, 0.15) is 0 Å². The Labute approximate surface area is 104 Å². The third-order valence-electron chi connectivity index (χ3n) is 2.35. The van der Waals surface area contributed by atoms with Crippen molar-refractivity contribution in [1.82, 2.24) is 4.90 Å². The van der Waals surface area contributed by atoms with Gasteiger partial charge >= 0.3 is 0 Å². The summed E-state index contributed by atoms with van der Waals surface area (Å²) in [5.41, 5.74) is 5.60. The zero-order valence-corrected chi connectivity index (χ0v) is 11.0. The maximum Gasteiger partial charge on any atom is 0.0328 e. The summed E-state index contributed by atoms with van der Waals surface area (Å²) in [5.74, 6) is 0. The Morgan fingerprint density at radius 3 is 2.50 bits per heavy atom. The molecule has 4 heteroatoms. The molecule has 2 nitrogen and oxygen atoms in total. The number of nitrogens with two attached hydrogens (primary N) is 1. The Bertz CT molecular complexity index is 420. The molecular weight excluding hydrogens is 236 g/mol. The van der Waals surface area contributed by atoms with Gasteiger partial charge in [-0.1, -0.05) is 6.07 Å². The smallest absolute Gasteiger partial charge is 0.0328 e. The van der Waals surface area contributed by atoms with E-state index in [1.165, 1.54) is 14.6 Å². The second kappa shape index (κ2) is 5.59. The van der Waals surface area contributed by atoms with E-state index in [1.54, 1.807) is 0 Å². The zero-order valence-electron chi connectivity index (χ0n) is 9.35. The lowest BCUT2D eigenvalue weighted by Gasteiger charge is -2.14. The quantitative estimate of drug-likeness (QED) is 0.886. The molecule has 86 valence electrons. The summed E-state index contributed by atoms with van der Waals surface area (Å²) in [4.78, 5) is 6.40. The second-order valence-electron chi connectivity index (χ2n) is 3.82. The first-order valence-electron chi connectivity index (χ1n) is 5.26. The van der Waals surface area contributed by atoms with Crippen LogP contribution in [-0.2, 0) is 19.6 Å². The van der Waals surface area contributed by atoms with E-state index in [0.29, 0.717) is 6.54 Å². The van der Waals surface area contributed by atoms with E-state index in [1.807, 2.05) is 22.7 Å². The monoisotopic (exact) mass is 252 g/mol. The Kier molecular flexibility index (Phi) is 4.12. The number of rotatable bonds is 5. The van der Waals surface area contributed by atoms with Gasteiger partial charge in [0, 0.05) is 34.3 Å². The highest BCUT2D eigenvalue weighted by molar-refractivity contribution is 7.12. The molecule has 16 heavy (non-hydrogen) atoms. The first kappa shape index (κ1) is 11.8. The van der Waals surface area contributed by atoms with E-state index in [4.69, 9.17) is 5.73 Å². The minimum absolute atomic E-state index is 0.652. The standard InChI is InChI=1S/C12H16N2S2/c1-14(8-11-3-2-6-15-11)9-12-5-4-10(7-13)16-12/h2-6H,7-9,13H2,1H3. The lowest BCUT2D eigenvalue weighted by molar-refractivity contribution is 0.325. The first-order valence-corrected chi connectivity index (χ1v) is 6.96. The highest BCUT2D eigenvalue weighted by Gasteiger charge is 2.04. The van der Waals surface area contributed by atoms with Crippen LogP contribution in [0.5, 0.6) is 0 Å². The van der Waals surface area contributed by atoms with Crippen LogP contribution in [0.3, 0.4) is 0 Å². The number of hydrogen-bond donors (Lipinski definition) is 1. The Balaban J connectivity index is 1.89. The molecule has 0 aliphatic heterocycles. The third kappa shape index (κ3) is 3.15. The molecule has 0 aliphatic rings. The van der Waals surface area contributed by atoms with Gasteiger partial charge < -0.3 is 5.73 Å². The second-order valence-corrected chi connectivity index (χ2v) is 6.11. The predicted octanol–water partition coefficient (Wildman–Crippen LogP) is 2.90. The van der Waals surface area contributed by atoms with Crippen LogP contribution in [0.15, 0.2) is 29.6 Å². The Morgan fingerprint density at radius 2 is 1.88 bits per heavy atom. The summed E-state index contributed by atoms with van der Waals surface area (Å²) in [7, 11) is 2.15. The van der Waals surface area contributed by atoms with Gasteiger partial charge in [-0.3, -0.25) is 4.90 Å². The molecule has 0 fully saturated rings. The number of thiophene rings is 2. The van der Waals surface area contributed by atoms with Gasteiger partial charge in [-0.25, -0.2) is 0 Å². The molecule has 2 heterocycles. The van der Waals surface area contributed by atoms with E-state index in [-0.39, 0.29) is 0 Å². The highest BCUT2D eigenvalue weighted by atomic mass is 32.1. The minimum Gasteiger partial charge on any atom is -0.326 e. The van der Waals surface area contributed by atoms with E-state index < -0.39 is 0 Å². The van der Waals surface area contributed by atoms with Crippen molar-refractivity contribution in [2.24, 2.45) is 5.73 Å². The average molecular weight is 252 g/mol. The highest BCUT2D eigenvalue weighted by Crippen LogP contribution is 2.19. The van der Waals surface area contributed by atoms with Crippen LogP contribution >= 0.6 is 22.7 Å². The lowest BCUT2D eigenvalue weighted by atomic mass is 10.4. The van der Waals surface area contributed by atoms with Gasteiger partial charge in [0.15, 0.2) is 0 Å². The Hall–Kier alpha value is -0.680. The van der Waals surface area contributed by atoms with Gasteiger partial charge in [0.05, 0.1) is 0 Å². The Morgan fingerprint density at radius 1 is 1.12 bits per heavy atom. The molecule has 0 saturated heterocycles. The van der Waals surface area contributed by atoms with Gasteiger partial charge in [0.25, 0.3) is 0 Å². The largest absolute Gasteiger partial charge is 0.326 e. The molecule has 0 unspecified atom stereocenters. The first-order chi connectivity index (χ1) is 7.78. The average Bonchev–Trinajstić information content (AvgIpc) is 2.89. The SMILES string of the molecule is CN(Cc1cccs1)Cc1ccc(CN)s1. The van der Waals surface area contributed by atoms with Crippen LogP contribution < -0.4 is 5.73 Å². The van der Waals surface area contributed by atoms with E-state index >= 15 is 0 Å². The van der Waals surface area contributed by atoms with Gasteiger partial charge in [-0.05, 0) is 30.6 Å². The van der Waals surface area contributed by atoms with Gasteiger partial charge in [0.2, 0.25) is 0 Å². The van der Waals surface area contributed by atoms with Crippen molar-refractivity contribution < 1.29 is 0 Å². The fraction of sp³-hybridized carbons (Fsp3) is 0.333. The van der Waals surface area contributed by atoms with Crippen molar-refractivity contribution in [3.8, 4) is 0 Å². The molecule has 0 amide bonds. The van der Waals surface area contributed by atoms with Crippen LogP contribution in [0.4, 0.5) is 0 Å². The molecule has 0 atom stereocenters. The topological polar surface area (TPSA) is 29.3 Å². The maximum atomic E-state index is 5.60. The number of nitrogens with zero attached hydrogens (tertiary/aromatic N) is 1. The van der Waals surface area contributed by atoms with Crippen LogP contribution in [0.2, 0.25) is 0 Å². The van der Waals surface area contributed by atoms with Crippen molar-refractivity contribution in [3.05, 3.63) is 44.3 Å². The predicted molar refractivity (Wildman–Crippen MR) is 71.7 cm³/mol. The van der Waals surface area contributed by atoms with Crippen molar-refractivity contribution in [1.29, 1.82) is 0 Å². The van der Waals surface area contributed by atoms with Gasteiger partial charge in [-0.2, -0.15) is 0 Å². The summed E-state index contributed by atoms with van der Waals surface area (Å²) in [6.45, 7) is 2.68. The molecular formula is C12H16N2S2. The van der Waals surface area contributed by atoms with E-state index in [9.17, 15) is 0 Å². The zero-order chi connectivity index (χ0) is 11.4. The summed E-state index contributed by atoms with van der Waals surface area (Å²) >= 11 is 3.62. The van der Waals surface area contributed by atoms with E-state index in [2.05, 4.69) is 41.6 Å². The van der Waals surface area contributed by atoms with Gasteiger partial charge in [-0.15, -0.1) is 22.7 Å². The van der Waals surface area contributed by atoms with Crippen molar-refractivity contribution in [2.45, 2.75) is 19.6 Å². The number of hydrogen-bond acceptors (Lipinski definition) is 4. The fourth-order valence-corrected chi connectivity index (χ4v) is 3.37. The van der Waals surface area contributed by atoms with Crippen molar-refractivity contribution >= 4 is 22.7 Å². The van der Waals surface area contributed by atoms with Crippen LogP contribution in [-0.4, -0.2) is 11.9 Å². The van der Waals surface area contributed by atoms with Crippen molar-refractivity contribution in [2.75, 3.05) is 7.05 Å². The fourth-order valence-electron chi connectivity index (χ4n) is 1.61. The van der Waals surface area contributed by atoms with Crippen LogP contribution in [0.25, 0.3) is 0 Å². The molecule has 2 N–H and O–H groups in total. The summed E-state index contributed by atoms with van der Waals surface area (Å²) in [6, 6.07) is 8.59. The molecule has 0 radical (unpaired) electrons. The van der Waals surface area contributed by atoms with E-state index in [0.717, 1.165) is 13.1 Å². The van der Waals surface area contributed by atoms with Crippen LogP contribution in [0.1, 0.15) is 14.6 Å². The third-order valence-corrected chi connectivity index (χ3v) is 4.30. The van der Waals surface area contributed by atoms with Crippen molar-refractivity contribution in [3.63, 3.8) is 0 Å². The lowest BCUT2D eigenvalue weighted by Crippen LogP contribution is -2.15. The molecule has 0 aromatic carbocycles. The molecule has 0 bridgehead atoms.